The highest BCUT2D eigenvalue weighted by molar-refractivity contribution is 5.68. The van der Waals surface area contributed by atoms with Gasteiger partial charge in [0.2, 0.25) is 0 Å². The molecular weight excluding hydrogens is 318 g/mol. The van der Waals surface area contributed by atoms with Crippen molar-refractivity contribution in [3.05, 3.63) is 29.8 Å². The molecular formula is C20H29NO4. The molecule has 0 aliphatic carbocycles. The van der Waals surface area contributed by atoms with E-state index in [1.807, 2.05) is 32.9 Å². The molecule has 3 rings (SSSR count). The van der Waals surface area contributed by atoms with Crippen molar-refractivity contribution in [3.63, 3.8) is 0 Å². The van der Waals surface area contributed by atoms with Crippen LogP contribution in [0.1, 0.15) is 58.1 Å². The lowest BCUT2D eigenvalue weighted by Gasteiger charge is -2.39. The fourth-order valence-electron chi connectivity index (χ4n) is 3.66. The van der Waals surface area contributed by atoms with Crippen LogP contribution in [0, 0.1) is 0 Å². The summed E-state index contributed by atoms with van der Waals surface area (Å²) in [5.41, 5.74) is 0.658. The Kier molecular flexibility index (Phi) is 4.96. The quantitative estimate of drug-likeness (QED) is 0.799. The second-order valence-electron chi connectivity index (χ2n) is 8.07. The first-order valence-corrected chi connectivity index (χ1v) is 9.10. The highest BCUT2D eigenvalue weighted by atomic mass is 16.6. The predicted octanol–water partition coefficient (Wildman–Crippen LogP) is 4.32. The van der Waals surface area contributed by atoms with E-state index in [0.717, 1.165) is 31.4 Å². The maximum absolute atomic E-state index is 12.2. The average Bonchev–Trinajstić information content (AvgIpc) is 2.98. The second kappa shape index (κ2) is 6.87. The standard InChI is InChI=1S/C20H29NO4/c1-19(2,3)25-18(22)21-13-11-20(12-14-21)10-9-17(24-20)15-5-7-16(23-4)8-6-15/h5-8,17H,9-14H2,1-4H3. The first kappa shape index (κ1) is 18.1. The summed E-state index contributed by atoms with van der Waals surface area (Å²) in [5.74, 6) is 0.863. The first-order chi connectivity index (χ1) is 11.8. The molecule has 0 bridgehead atoms. The van der Waals surface area contributed by atoms with Gasteiger partial charge in [0.1, 0.15) is 11.4 Å². The van der Waals surface area contributed by atoms with E-state index in [1.165, 1.54) is 5.56 Å². The number of benzene rings is 1. The Morgan fingerprint density at radius 3 is 2.36 bits per heavy atom. The molecule has 2 fully saturated rings. The summed E-state index contributed by atoms with van der Waals surface area (Å²) >= 11 is 0. The highest BCUT2D eigenvalue weighted by Gasteiger charge is 2.44. The molecule has 5 nitrogen and oxygen atoms in total. The van der Waals surface area contributed by atoms with Crippen molar-refractivity contribution >= 4 is 6.09 Å². The minimum atomic E-state index is -0.449. The van der Waals surface area contributed by atoms with Gasteiger partial charge < -0.3 is 19.1 Å². The van der Waals surface area contributed by atoms with Crippen LogP contribution < -0.4 is 4.74 Å². The third-order valence-electron chi connectivity index (χ3n) is 5.07. The predicted molar refractivity (Wildman–Crippen MR) is 95.8 cm³/mol. The number of hydrogen-bond donors (Lipinski definition) is 0. The van der Waals surface area contributed by atoms with Gasteiger partial charge in [0.05, 0.1) is 18.8 Å². The van der Waals surface area contributed by atoms with Crippen molar-refractivity contribution in [1.82, 2.24) is 4.90 Å². The van der Waals surface area contributed by atoms with Crippen LogP contribution in [0.3, 0.4) is 0 Å². The number of rotatable bonds is 2. The maximum atomic E-state index is 12.2. The zero-order valence-electron chi connectivity index (χ0n) is 15.7. The molecule has 2 heterocycles. The molecule has 5 heteroatoms. The van der Waals surface area contributed by atoms with E-state index >= 15 is 0 Å². The smallest absolute Gasteiger partial charge is 0.410 e. The van der Waals surface area contributed by atoms with Gasteiger partial charge in [-0.1, -0.05) is 12.1 Å². The van der Waals surface area contributed by atoms with Gasteiger partial charge in [-0.15, -0.1) is 0 Å². The van der Waals surface area contributed by atoms with Crippen LogP contribution in [0.25, 0.3) is 0 Å². The molecule has 0 N–H and O–H groups in total. The Balaban J connectivity index is 1.56. The molecule has 1 aromatic rings. The van der Waals surface area contributed by atoms with Gasteiger partial charge in [-0.05, 0) is 64.2 Å². The molecule has 0 radical (unpaired) electrons. The Morgan fingerprint density at radius 1 is 1.16 bits per heavy atom. The Morgan fingerprint density at radius 2 is 1.80 bits per heavy atom. The molecule has 1 amide bonds. The number of methoxy groups -OCH3 is 1. The average molecular weight is 347 g/mol. The largest absolute Gasteiger partial charge is 0.497 e. The van der Waals surface area contributed by atoms with Gasteiger partial charge in [-0.3, -0.25) is 0 Å². The first-order valence-electron chi connectivity index (χ1n) is 9.10. The number of ether oxygens (including phenoxy) is 3. The molecule has 25 heavy (non-hydrogen) atoms. The zero-order valence-corrected chi connectivity index (χ0v) is 15.7. The molecule has 2 saturated heterocycles. The summed E-state index contributed by atoms with van der Waals surface area (Å²) in [6.45, 7) is 7.09. The number of hydrogen-bond acceptors (Lipinski definition) is 4. The van der Waals surface area contributed by atoms with Crippen molar-refractivity contribution in [1.29, 1.82) is 0 Å². The van der Waals surface area contributed by atoms with E-state index in [2.05, 4.69) is 12.1 Å². The highest BCUT2D eigenvalue weighted by Crippen LogP contribution is 2.45. The maximum Gasteiger partial charge on any atom is 0.410 e. The van der Waals surface area contributed by atoms with Gasteiger partial charge in [0.15, 0.2) is 0 Å². The van der Waals surface area contributed by atoms with Crippen LogP contribution in [0.2, 0.25) is 0 Å². The summed E-state index contributed by atoms with van der Waals surface area (Å²) in [7, 11) is 1.68. The summed E-state index contributed by atoms with van der Waals surface area (Å²) < 4.78 is 17.2. The molecule has 138 valence electrons. The lowest BCUT2D eigenvalue weighted by Crippen LogP contribution is -2.47. The van der Waals surface area contributed by atoms with Gasteiger partial charge in [-0.25, -0.2) is 4.79 Å². The number of nitrogens with zero attached hydrogens (tertiary/aromatic N) is 1. The summed E-state index contributed by atoms with van der Waals surface area (Å²) in [5, 5.41) is 0. The molecule has 1 atom stereocenters. The van der Waals surface area contributed by atoms with E-state index < -0.39 is 5.60 Å². The van der Waals surface area contributed by atoms with E-state index in [4.69, 9.17) is 14.2 Å². The lowest BCUT2D eigenvalue weighted by atomic mass is 9.88. The van der Waals surface area contributed by atoms with Crippen molar-refractivity contribution < 1.29 is 19.0 Å². The van der Waals surface area contributed by atoms with Crippen LogP contribution in [-0.4, -0.2) is 42.4 Å². The summed E-state index contributed by atoms with van der Waals surface area (Å²) in [4.78, 5) is 14.0. The number of carbonyl (C=O) groups is 1. The Labute approximate surface area is 150 Å². The van der Waals surface area contributed by atoms with Gasteiger partial charge >= 0.3 is 6.09 Å². The minimum absolute atomic E-state index is 0.0941. The van der Waals surface area contributed by atoms with Crippen LogP contribution in [0.5, 0.6) is 5.75 Å². The van der Waals surface area contributed by atoms with Gasteiger partial charge in [0.25, 0.3) is 0 Å². The summed E-state index contributed by atoms with van der Waals surface area (Å²) in [6.07, 6.45) is 3.74. The molecule has 1 aromatic carbocycles. The van der Waals surface area contributed by atoms with E-state index in [9.17, 15) is 4.79 Å². The normalized spacial score (nSPS) is 22.9. The second-order valence-corrected chi connectivity index (χ2v) is 8.07. The van der Waals surface area contributed by atoms with Crippen molar-refractivity contribution in [2.45, 2.75) is 63.8 Å². The third kappa shape index (κ3) is 4.27. The summed E-state index contributed by atoms with van der Waals surface area (Å²) in [6, 6.07) is 8.13. The van der Waals surface area contributed by atoms with Crippen LogP contribution >= 0.6 is 0 Å². The van der Waals surface area contributed by atoms with Gasteiger partial charge in [0, 0.05) is 13.1 Å². The number of amides is 1. The molecule has 0 aromatic heterocycles. The molecule has 1 spiro atoms. The number of likely N-dealkylation sites (tertiary alicyclic amines) is 1. The molecule has 1 unspecified atom stereocenters. The molecule has 2 aliphatic heterocycles. The SMILES string of the molecule is COc1ccc(C2CCC3(CCN(C(=O)OC(C)(C)C)CC3)O2)cc1. The van der Waals surface area contributed by atoms with E-state index in [-0.39, 0.29) is 17.8 Å². The van der Waals surface area contributed by atoms with Crippen molar-refractivity contribution in [3.8, 4) is 5.75 Å². The third-order valence-corrected chi connectivity index (χ3v) is 5.07. The fraction of sp³-hybridized carbons (Fsp3) is 0.650. The Bertz CT molecular complexity index is 597. The Hall–Kier alpha value is -1.75. The number of carbonyl (C=O) groups excluding carboxylic acids is 1. The number of piperidine rings is 1. The fourth-order valence-corrected chi connectivity index (χ4v) is 3.66. The minimum Gasteiger partial charge on any atom is -0.497 e. The lowest BCUT2D eigenvalue weighted by molar-refractivity contribution is -0.0791. The van der Waals surface area contributed by atoms with Crippen LogP contribution in [-0.2, 0) is 9.47 Å². The zero-order chi connectivity index (χ0) is 18.1. The van der Waals surface area contributed by atoms with Crippen molar-refractivity contribution in [2.75, 3.05) is 20.2 Å². The van der Waals surface area contributed by atoms with Gasteiger partial charge in [-0.2, -0.15) is 0 Å². The van der Waals surface area contributed by atoms with Crippen LogP contribution in [0.15, 0.2) is 24.3 Å². The van der Waals surface area contributed by atoms with Crippen molar-refractivity contribution in [2.24, 2.45) is 0 Å². The van der Waals surface area contributed by atoms with Crippen LogP contribution in [0.4, 0.5) is 4.79 Å². The topological polar surface area (TPSA) is 48.0 Å². The van der Waals surface area contributed by atoms with E-state index in [0.29, 0.717) is 13.1 Å². The molecule has 2 aliphatic rings. The molecule has 0 saturated carbocycles. The van der Waals surface area contributed by atoms with E-state index in [1.54, 1.807) is 12.0 Å². The monoisotopic (exact) mass is 347 g/mol.